The lowest BCUT2D eigenvalue weighted by molar-refractivity contribution is 0.0955. The first-order valence-corrected chi connectivity index (χ1v) is 6.88. The van der Waals surface area contributed by atoms with E-state index < -0.39 is 0 Å². The van der Waals surface area contributed by atoms with E-state index in [1.165, 1.54) is 6.21 Å². The van der Waals surface area contributed by atoms with Crippen molar-refractivity contribution in [3.63, 3.8) is 0 Å². The lowest BCUT2D eigenvalue weighted by Crippen LogP contribution is -2.17. The highest BCUT2D eigenvalue weighted by molar-refractivity contribution is 7.71. The van der Waals surface area contributed by atoms with Crippen LogP contribution in [0.5, 0.6) is 5.75 Å². The summed E-state index contributed by atoms with van der Waals surface area (Å²) >= 11 is 5.00. The third-order valence-electron chi connectivity index (χ3n) is 3.08. The minimum Gasteiger partial charge on any atom is -0.507 e. The van der Waals surface area contributed by atoms with Gasteiger partial charge in [-0.3, -0.25) is 4.79 Å². The van der Waals surface area contributed by atoms with Crippen molar-refractivity contribution >= 4 is 35.4 Å². The fourth-order valence-electron chi connectivity index (χ4n) is 2.00. The van der Waals surface area contributed by atoms with Gasteiger partial charge in [-0.1, -0.05) is 12.1 Å². The predicted molar refractivity (Wildman–Crippen MR) is 86.7 cm³/mol. The van der Waals surface area contributed by atoms with Crippen molar-refractivity contribution in [3.05, 3.63) is 58.4 Å². The third kappa shape index (κ3) is 2.89. The normalized spacial score (nSPS) is 11.1. The number of phenolic OH excluding ortho intramolecular Hbond substituents is 1. The number of carbonyl (C=O) groups excluding carboxylic acids is 1. The number of hydrogen-bond acceptors (Lipinski definition) is 4. The van der Waals surface area contributed by atoms with Crippen LogP contribution in [0.4, 0.5) is 0 Å². The molecule has 6 nitrogen and oxygen atoms in total. The van der Waals surface area contributed by atoms with Crippen molar-refractivity contribution in [2.24, 2.45) is 5.10 Å². The van der Waals surface area contributed by atoms with Gasteiger partial charge < -0.3 is 15.1 Å². The van der Waals surface area contributed by atoms with Crippen LogP contribution in [0.1, 0.15) is 15.9 Å². The van der Waals surface area contributed by atoms with E-state index in [1.807, 2.05) is 0 Å². The number of aromatic amines is 2. The van der Waals surface area contributed by atoms with Crippen LogP contribution < -0.4 is 5.43 Å². The zero-order valence-corrected chi connectivity index (χ0v) is 12.1. The van der Waals surface area contributed by atoms with E-state index in [0.29, 0.717) is 15.9 Å². The van der Waals surface area contributed by atoms with Crippen molar-refractivity contribution in [2.45, 2.75) is 0 Å². The molecule has 1 heterocycles. The molecule has 22 heavy (non-hydrogen) atoms. The van der Waals surface area contributed by atoms with Crippen LogP contribution in [-0.4, -0.2) is 27.2 Å². The van der Waals surface area contributed by atoms with Crippen molar-refractivity contribution < 1.29 is 9.90 Å². The summed E-state index contributed by atoms with van der Waals surface area (Å²) in [7, 11) is 0. The molecule has 0 bridgehead atoms. The third-order valence-corrected chi connectivity index (χ3v) is 3.29. The van der Waals surface area contributed by atoms with Crippen LogP contribution in [0, 0.1) is 4.77 Å². The van der Waals surface area contributed by atoms with Crippen molar-refractivity contribution in [1.29, 1.82) is 0 Å². The number of H-pyrrole nitrogens is 2. The standard InChI is InChI=1S/C15H12N4O2S/c20-13-4-2-1-3-10(13)8-16-19-14(21)9-5-6-11-12(7-9)18-15(22)17-11/h1-8,20H,(H,19,21)(H2,17,18,22)/b16-8-. The number of hydrazone groups is 1. The second kappa shape index (κ2) is 5.82. The first-order chi connectivity index (χ1) is 10.6. The van der Waals surface area contributed by atoms with Gasteiger partial charge in [-0.05, 0) is 42.5 Å². The topological polar surface area (TPSA) is 93.3 Å². The number of nitrogens with zero attached hydrogens (tertiary/aromatic N) is 1. The van der Waals surface area contributed by atoms with E-state index >= 15 is 0 Å². The second-order valence-electron chi connectivity index (χ2n) is 4.60. The van der Waals surface area contributed by atoms with Gasteiger partial charge in [-0.15, -0.1) is 0 Å². The molecule has 0 fully saturated rings. The number of imidazole rings is 1. The molecule has 2 aromatic carbocycles. The monoisotopic (exact) mass is 312 g/mol. The SMILES string of the molecule is O=C(N/N=C\c1ccccc1O)c1ccc2[nH]c(=S)[nH]c2c1. The minimum absolute atomic E-state index is 0.0989. The van der Waals surface area contributed by atoms with Crippen molar-refractivity contribution in [3.8, 4) is 5.75 Å². The number of para-hydroxylation sites is 1. The van der Waals surface area contributed by atoms with E-state index in [4.69, 9.17) is 12.2 Å². The summed E-state index contributed by atoms with van der Waals surface area (Å²) in [5, 5.41) is 13.4. The second-order valence-corrected chi connectivity index (χ2v) is 5.01. The lowest BCUT2D eigenvalue weighted by atomic mass is 10.2. The van der Waals surface area contributed by atoms with Gasteiger partial charge in [-0.2, -0.15) is 5.10 Å². The van der Waals surface area contributed by atoms with Gasteiger partial charge >= 0.3 is 0 Å². The highest BCUT2D eigenvalue weighted by Gasteiger charge is 2.06. The van der Waals surface area contributed by atoms with Crippen molar-refractivity contribution in [1.82, 2.24) is 15.4 Å². The molecule has 3 rings (SSSR count). The molecule has 0 saturated carbocycles. The summed E-state index contributed by atoms with van der Waals surface area (Å²) in [5.74, 6) is -0.254. The Hall–Kier alpha value is -2.93. The number of benzene rings is 2. The van der Waals surface area contributed by atoms with Gasteiger partial charge in [0.2, 0.25) is 0 Å². The minimum atomic E-state index is -0.353. The van der Waals surface area contributed by atoms with E-state index in [2.05, 4.69) is 20.5 Å². The predicted octanol–water partition coefficient (Wildman–Crippen LogP) is 2.69. The summed E-state index contributed by atoms with van der Waals surface area (Å²) < 4.78 is 0.505. The maximum Gasteiger partial charge on any atom is 0.271 e. The van der Waals surface area contributed by atoms with Crippen LogP contribution in [0.15, 0.2) is 47.6 Å². The molecule has 1 amide bonds. The zero-order valence-electron chi connectivity index (χ0n) is 11.3. The highest BCUT2D eigenvalue weighted by atomic mass is 32.1. The molecule has 0 saturated heterocycles. The molecule has 4 N–H and O–H groups in total. The first-order valence-electron chi connectivity index (χ1n) is 6.47. The fraction of sp³-hybridized carbons (Fsp3) is 0. The summed E-state index contributed by atoms with van der Waals surface area (Å²) in [6, 6.07) is 11.8. The summed E-state index contributed by atoms with van der Waals surface area (Å²) in [5.41, 5.74) is 4.97. The average Bonchev–Trinajstić information content (AvgIpc) is 2.88. The Labute approximate surface area is 130 Å². The molecule has 0 atom stereocenters. The summed E-state index contributed by atoms with van der Waals surface area (Å²) in [4.78, 5) is 17.9. The van der Waals surface area contributed by atoms with Crippen molar-refractivity contribution in [2.75, 3.05) is 0 Å². The number of phenols is 1. The molecule has 0 aliphatic heterocycles. The van der Waals surface area contributed by atoms with E-state index in [1.54, 1.807) is 42.5 Å². The molecule has 0 radical (unpaired) electrons. The Morgan fingerprint density at radius 2 is 1.95 bits per heavy atom. The largest absolute Gasteiger partial charge is 0.507 e. The molecule has 110 valence electrons. The molecular weight excluding hydrogens is 300 g/mol. The molecule has 1 aromatic heterocycles. The Morgan fingerprint density at radius 1 is 1.18 bits per heavy atom. The van der Waals surface area contributed by atoms with Gasteiger partial charge in [0.15, 0.2) is 4.77 Å². The van der Waals surface area contributed by atoms with Gasteiger partial charge in [0.05, 0.1) is 17.2 Å². The van der Waals surface area contributed by atoms with E-state index in [9.17, 15) is 9.90 Å². The maximum atomic E-state index is 12.0. The van der Waals surface area contributed by atoms with Crippen LogP contribution in [0.3, 0.4) is 0 Å². The fourth-order valence-corrected chi connectivity index (χ4v) is 2.22. The number of nitrogens with one attached hydrogen (secondary N) is 3. The summed E-state index contributed by atoms with van der Waals surface area (Å²) in [6.45, 7) is 0. The smallest absolute Gasteiger partial charge is 0.271 e. The van der Waals surface area contributed by atoms with E-state index in [0.717, 1.165) is 11.0 Å². The number of aromatic hydroxyl groups is 1. The van der Waals surface area contributed by atoms with Gasteiger partial charge in [-0.25, -0.2) is 5.43 Å². The molecule has 0 aliphatic carbocycles. The Bertz CT molecular complexity index is 926. The summed E-state index contributed by atoms with van der Waals surface area (Å²) in [6.07, 6.45) is 1.38. The quantitative estimate of drug-likeness (QED) is 0.340. The van der Waals surface area contributed by atoms with Crippen LogP contribution in [0.25, 0.3) is 11.0 Å². The maximum absolute atomic E-state index is 12.0. The number of fused-ring (bicyclic) bond motifs is 1. The number of hydrogen-bond donors (Lipinski definition) is 4. The molecular formula is C15H12N4O2S. The van der Waals surface area contributed by atoms with Crippen LogP contribution >= 0.6 is 12.2 Å². The molecule has 0 spiro atoms. The molecule has 7 heteroatoms. The number of amides is 1. The molecule has 0 aliphatic rings. The zero-order chi connectivity index (χ0) is 15.5. The number of rotatable bonds is 3. The van der Waals surface area contributed by atoms with Crippen LogP contribution in [0.2, 0.25) is 0 Å². The molecule has 3 aromatic rings. The highest BCUT2D eigenvalue weighted by Crippen LogP contribution is 2.13. The van der Waals surface area contributed by atoms with Gasteiger partial charge in [0, 0.05) is 11.1 Å². The Balaban J connectivity index is 1.75. The van der Waals surface area contributed by atoms with Crippen LogP contribution in [-0.2, 0) is 0 Å². The Kier molecular flexibility index (Phi) is 3.71. The first kappa shape index (κ1) is 14.0. The Morgan fingerprint density at radius 3 is 2.77 bits per heavy atom. The average molecular weight is 312 g/mol. The number of carbonyl (C=O) groups is 1. The molecule has 0 unspecified atom stereocenters. The number of aromatic nitrogens is 2. The van der Waals surface area contributed by atoms with Gasteiger partial charge in [0.1, 0.15) is 5.75 Å². The lowest BCUT2D eigenvalue weighted by Gasteiger charge is -2.00. The van der Waals surface area contributed by atoms with Gasteiger partial charge in [0.25, 0.3) is 5.91 Å². The van der Waals surface area contributed by atoms with E-state index in [-0.39, 0.29) is 11.7 Å².